The molecule has 0 N–H and O–H groups in total. The Bertz CT molecular complexity index is 796. The Labute approximate surface area is 145 Å². The summed E-state index contributed by atoms with van der Waals surface area (Å²) in [5, 5.41) is 0. The SMILES string of the molecule is [B]Cc1cccc(-c2c(C)cc(OCCCS(C)(=O)=O)nc2C)c1. The van der Waals surface area contributed by atoms with Gasteiger partial charge in [0.25, 0.3) is 0 Å². The molecule has 4 nitrogen and oxygen atoms in total. The van der Waals surface area contributed by atoms with Crippen LogP contribution in [-0.2, 0) is 16.2 Å². The van der Waals surface area contributed by atoms with Crippen molar-refractivity contribution in [2.45, 2.75) is 26.6 Å². The van der Waals surface area contributed by atoms with Crippen molar-refractivity contribution in [2.24, 2.45) is 0 Å². The molecular formula is C18H22BNO3S. The Hall–Kier alpha value is -1.82. The van der Waals surface area contributed by atoms with Gasteiger partial charge in [-0.25, -0.2) is 13.4 Å². The van der Waals surface area contributed by atoms with Gasteiger partial charge in [0.2, 0.25) is 5.88 Å². The van der Waals surface area contributed by atoms with Crippen molar-refractivity contribution in [1.82, 2.24) is 4.98 Å². The van der Waals surface area contributed by atoms with Gasteiger partial charge in [-0.1, -0.05) is 36.1 Å². The lowest BCUT2D eigenvalue weighted by Crippen LogP contribution is -2.09. The van der Waals surface area contributed by atoms with Crippen molar-refractivity contribution in [3.8, 4) is 17.0 Å². The van der Waals surface area contributed by atoms with Gasteiger partial charge in [0.1, 0.15) is 9.84 Å². The van der Waals surface area contributed by atoms with E-state index in [0.717, 1.165) is 27.9 Å². The van der Waals surface area contributed by atoms with Crippen LogP contribution in [0.3, 0.4) is 0 Å². The van der Waals surface area contributed by atoms with Gasteiger partial charge >= 0.3 is 0 Å². The van der Waals surface area contributed by atoms with E-state index in [9.17, 15) is 8.42 Å². The fourth-order valence-corrected chi connectivity index (χ4v) is 3.30. The fourth-order valence-electron chi connectivity index (χ4n) is 2.66. The minimum Gasteiger partial charge on any atom is -0.478 e. The maximum absolute atomic E-state index is 11.1. The number of hydrogen-bond acceptors (Lipinski definition) is 4. The molecule has 24 heavy (non-hydrogen) atoms. The summed E-state index contributed by atoms with van der Waals surface area (Å²) in [6, 6.07) is 10.00. The van der Waals surface area contributed by atoms with Gasteiger partial charge in [-0.15, -0.1) is 0 Å². The van der Waals surface area contributed by atoms with E-state index in [4.69, 9.17) is 12.6 Å². The van der Waals surface area contributed by atoms with Crippen LogP contribution in [0.1, 0.15) is 23.2 Å². The van der Waals surface area contributed by atoms with Gasteiger partial charge in [-0.05, 0) is 31.4 Å². The zero-order valence-corrected chi connectivity index (χ0v) is 15.2. The minimum absolute atomic E-state index is 0.120. The Balaban J connectivity index is 2.16. The first-order chi connectivity index (χ1) is 11.3. The first kappa shape index (κ1) is 18.5. The van der Waals surface area contributed by atoms with Gasteiger partial charge in [-0.3, -0.25) is 0 Å². The number of nitrogens with zero attached hydrogens (tertiary/aromatic N) is 1. The highest BCUT2D eigenvalue weighted by atomic mass is 32.2. The number of aromatic nitrogens is 1. The van der Waals surface area contributed by atoms with E-state index < -0.39 is 9.84 Å². The Morgan fingerprint density at radius 3 is 2.58 bits per heavy atom. The van der Waals surface area contributed by atoms with Crippen LogP contribution in [0.4, 0.5) is 0 Å². The molecule has 0 saturated carbocycles. The molecule has 0 aliphatic rings. The molecule has 0 atom stereocenters. The van der Waals surface area contributed by atoms with Gasteiger partial charge < -0.3 is 4.74 Å². The molecule has 0 aliphatic heterocycles. The van der Waals surface area contributed by atoms with Crippen LogP contribution in [0.5, 0.6) is 5.88 Å². The van der Waals surface area contributed by atoms with Crippen molar-refractivity contribution in [2.75, 3.05) is 18.6 Å². The van der Waals surface area contributed by atoms with Crippen molar-refractivity contribution < 1.29 is 13.2 Å². The predicted octanol–water partition coefficient (Wildman–Crippen LogP) is 2.85. The normalized spacial score (nSPS) is 11.5. The molecule has 0 bridgehead atoms. The highest BCUT2D eigenvalue weighted by Crippen LogP contribution is 2.29. The highest BCUT2D eigenvalue weighted by molar-refractivity contribution is 7.90. The summed E-state index contributed by atoms with van der Waals surface area (Å²) in [6.45, 7) is 4.30. The average molecular weight is 343 g/mol. The number of hydrogen-bond donors (Lipinski definition) is 0. The molecule has 2 rings (SSSR count). The first-order valence-corrected chi connectivity index (χ1v) is 9.94. The molecule has 0 amide bonds. The van der Waals surface area contributed by atoms with Crippen LogP contribution in [0.25, 0.3) is 11.1 Å². The van der Waals surface area contributed by atoms with E-state index in [1.807, 2.05) is 38.1 Å². The largest absolute Gasteiger partial charge is 0.478 e. The molecule has 6 heteroatoms. The second-order valence-electron chi connectivity index (χ2n) is 5.97. The molecule has 1 aromatic carbocycles. The monoisotopic (exact) mass is 343 g/mol. The summed E-state index contributed by atoms with van der Waals surface area (Å²) >= 11 is 0. The Morgan fingerprint density at radius 2 is 1.96 bits per heavy atom. The topological polar surface area (TPSA) is 56.3 Å². The Kier molecular flexibility index (Phi) is 6.05. The molecule has 2 aromatic rings. The zero-order chi connectivity index (χ0) is 17.7. The highest BCUT2D eigenvalue weighted by Gasteiger charge is 2.11. The summed E-state index contributed by atoms with van der Waals surface area (Å²) in [7, 11) is 2.76. The second kappa shape index (κ2) is 7.84. The first-order valence-electron chi connectivity index (χ1n) is 7.88. The van der Waals surface area contributed by atoms with Crippen molar-refractivity contribution in [3.63, 3.8) is 0 Å². The average Bonchev–Trinajstić information content (AvgIpc) is 2.50. The lowest BCUT2D eigenvalue weighted by Gasteiger charge is -2.13. The van der Waals surface area contributed by atoms with Crippen LogP contribution in [0, 0.1) is 13.8 Å². The van der Waals surface area contributed by atoms with Crippen LogP contribution in [0.2, 0.25) is 0 Å². The third kappa shape index (κ3) is 5.10. The maximum atomic E-state index is 11.1. The number of pyridine rings is 1. The summed E-state index contributed by atoms with van der Waals surface area (Å²) in [4.78, 5) is 4.50. The molecule has 1 aromatic heterocycles. The fraction of sp³-hybridized carbons (Fsp3) is 0.389. The molecule has 0 spiro atoms. The number of ether oxygens (including phenoxy) is 1. The summed E-state index contributed by atoms with van der Waals surface area (Å²) in [5.74, 6) is 0.645. The molecule has 2 radical (unpaired) electrons. The predicted molar refractivity (Wildman–Crippen MR) is 98.4 cm³/mol. The number of sulfone groups is 1. The third-order valence-corrected chi connectivity index (χ3v) is 4.77. The lowest BCUT2D eigenvalue weighted by atomic mass is 9.92. The quantitative estimate of drug-likeness (QED) is 0.573. The summed E-state index contributed by atoms with van der Waals surface area (Å²) in [6.07, 6.45) is 2.18. The van der Waals surface area contributed by atoms with E-state index in [1.165, 1.54) is 6.26 Å². The van der Waals surface area contributed by atoms with Crippen LogP contribution >= 0.6 is 0 Å². The second-order valence-corrected chi connectivity index (χ2v) is 8.23. The molecular weight excluding hydrogens is 321 g/mol. The third-order valence-electron chi connectivity index (χ3n) is 3.73. The maximum Gasteiger partial charge on any atom is 0.213 e. The molecule has 0 unspecified atom stereocenters. The van der Waals surface area contributed by atoms with E-state index in [2.05, 4.69) is 11.1 Å². The lowest BCUT2D eigenvalue weighted by molar-refractivity contribution is 0.305. The van der Waals surface area contributed by atoms with Crippen molar-refractivity contribution in [3.05, 3.63) is 47.2 Å². The molecule has 1 heterocycles. The Morgan fingerprint density at radius 1 is 1.21 bits per heavy atom. The summed E-state index contributed by atoms with van der Waals surface area (Å²) in [5.41, 5.74) is 5.18. The van der Waals surface area contributed by atoms with E-state index in [-0.39, 0.29) is 5.75 Å². The van der Waals surface area contributed by atoms with Crippen molar-refractivity contribution in [1.29, 1.82) is 0 Å². The number of benzene rings is 1. The van der Waals surface area contributed by atoms with Crippen LogP contribution in [-0.4, -0.2) is 39.9 Å². The minimum atomic E-state index is -2.95. The number of aryl methyl sites for hydroxylation is 2. The van der Waals surface area contributed by atoms with Gasteiger partial charge in [-0.2, -0.15) is 0 Å². The smallest absolute Gasteiger partial charge is 0.213 e. The van der Waals surface area contributed by atoms with E-state index in [0.29, 0.717) is 25.2 Å². The van der Waals surface area contributed by atoms with Crippen molar-refractivity contribution >= 4 is 17.7 Å². The zero-order valence-electron chi connectivity index (χ0n) is 14.4. The molecule has 0 saturated heterocycles. The van der Waals surface area contributed by atoms with Gasteiger partial charge in [0, 0.05) is 23.6 Å². The van der Waals surface area contributed by atoms with Gasteiger partial charge in [0.15, 0.2) is 0 Å². The molecule has 0 aliphatic carbocycles. The van der Waals surface area contributed by atoms with Gasteiger partial charge in [0.05, 0.1) is 20.2 Å². The molecule has 0 fully saturated rings. The van der Waals surface area contributed by atoms with E-state index >= 15 is 0 Å². The van der Waals surface area contributed by atoms with Crippen LogP contribution in [0.15, 0.2) is 30.3 Å². The van der Waals surface area contributed by atoms with Crippen LogP contribution < -0.4 is 4.74 Å². The summed E-state index contributed by atoms with van der Waals surface area (Å²) < 4.78 is 27.9. The van der Waals surface area contributed by atoms with E-state index in [1.54, 1.807) is 0 Å². The number of rotatable bonds is 7. The standard InChI is InChI=1S/C18H22BNO3S/c1-13-10-17(23-8-5-9-24(3,21)22)20-14(2)18(13)16-7-4-6-15(11-16)12-19/h4,6-7,10-11H,5,8-9,12H2,1-3H3. The molecule has 126 valence electrons.